The SMILES string of the molecule is CCn1c(C(=O)N(C)Cc2ccccc2)c(C)c2ccccc21. The number of hydrogen-bond donors (Lipinski definition) is 0. The minimum absolute atomic E-state index is 0.0735. The lowest BCUT2D eigenvalue weighted by molar-refractivity contribution is 0.0774. The Bertz CT molecular complexity index is 833. The van der Waals surface area contributed by atoms with Gasteiger partial charge in [0.15, 0.2) is 0 Å². The molecule has 1 heterocycles. The van der Waals surface area contributed by atoms with Gasteiger partial charge in [0.25, 0.3) is 5.91 Å². The van der Waals surface area contributed by atoms with Gasteiger partial charge in [0, 0.05) is 31.0 Å². The van der Waals surface area contributed by atoms with Gasteiger partial charge in [0.1, 0.15) is 5.69 Å². The van der Waals surface area contributed by atoms with E-state index in [1.807, 2.05) is 56.4 Å². The van der Waals surface area contributed by atoms with Gasteiger partial charge in [-0.3, -0.25) is 4.79 Å². The standard InChI is InChI=1S/C20H22N2O/c1-4-22-18-13-9-8-12-17(18)15(2)19(22)20(23)21(3)14-16-10-6-5-7-11-16/h5-13H,4,14H2,1-3H3. The summed E-state index contributed by atoms with van der Waals surface area (Å²) in [5.74, 6) is 0.0735. The number of fused-ring (bicyclic) bond motifs is 1. The van der Waals surface area contributed by atoms with Crippen molar-refractivity contribution in [1.82, 2.24) is 9.47 Å². The van der Waals surface area contributed by atoms with Crippen molar-refractivity contribution in [2.45, 2.75) is 26.9 Å². The number of benzene rings is 2. The van der Waals surface area contributed by atoms with Crippen LogP contribution in [-0.4, -0.2) is 22.4 Å². The van der Waals surface area contributed by atoms with E-state index in [-0.39, 0.29) is 5.91 Å². The molecule has 0 saturated heterocycles. The fraction of sp³-hybridized carbons (Fsp3) is 0.250. The number of aromatic nitrogens is 1. The molecule has 0 radical (unpaired) electrons. The Morgan fingerprint density at radius 2 is 1.70 bits per heavy atom. The molecule has 1 aromatic heterocycles. The number of aryl methyl sites for hydroxylation is 2. The molecule has 2 aromatic carbocycles. The number of amides is 1. The fourth-order valence-corrected chi connectivity index (χ4v) is 3.19. The second-order valence-corrected chi connectivity index (χ2v) is 5.88. The summed E-state index contributed by atoms with van der Waals surface area (Å²) in [7, 11) is 1.87. The highest BCUT2D eigenvalue weighted by molar-refractivity contribution is 6.01. The minimum Gasteiger partial charge on any atom is -0.337 e. The van der Waals surface area contributed by atoms with E-state index >= 15 is 0 Å². The van der Waals surface area contributed by atoms with E-state index in [1.165, 1.54) is 0 Å². The molecule has 3 nitrogen and oxygen atoms in total. The zero-order valence-corrected chi connectivity index (χ0v) is 13.9. The van der Waals surface area contributed by atoms with Crippen LogP contribution in [0.15, 0.2) is 54.6 Å². The van der Waals surface area contributed by atoms with Crippen molar-refractivity contribution < 1.29 is 4.79 Å². The van der Waals surface area contributed by atoms with Crippen molar-refractivity contribution in [3.8, 4) is 0 Å². The Morgan fingerprint density at radius 3 is 2.39 bits per heavy atom. The molecule has 3 aromatic rings. The first-order valence-electron chi connectivity index (χ1n) is 8.00. The molecule has 0 aliphatic rings. The van der Waals surface area contributed by atoms with E-state index in [1.54, 1.807) is 4.90 Å². The summed E-state index contributed by atoms with van der Waals surface area (Å²) < 4.78 is 2.12. The Morgan fingerprint density at radius 1 is 1.04 bits per heavy atom. The van der Waals surface area contributed by atoms with Crippen molar-refractivity contribution in [1.29, 1.82) is 0 Å². The Labute approximate surface area is 137 Å². The second-order valence-electron chi connectivity index (χ2n) is 5.88. The minimum atomic E-state index is 0.0735. The highest BCUT2D eigenvalue weighted by atomic mass is 16.2. The number of carbonyl (C=O) groups excluding carboxylic acids is 1. The van der Waals surface area contributed by atoms with Crippen LogP contribution in [0.3, 0.4) is 0 Å². The molecular formula is C20H22N2O. The second kappa shape index (κ2) is 6.29. The van der Waals surface area contributed by atoms with Gasteiger partial charge < -0.3 is 9.47 Å². The molecule has 3 heteroatoms. The molecule has 1 amide bonds. The predicted octanol–water partition coefficient (Wildman–Crippen LogP) is 4.24. The summed E-state index contributed by atoms with van der Waals surface area (Å²) in [5, 5.41) is 1.16. The van der Waals surface area contributed by atoms with Gasteiger partial charge in [-0.1, -0.05) is 48.5 Å². The van der Waals surface area contributed by atoms with E-state index in [0.29, 0.717) is 6.54 Å². The van der Waals surface area contributed by atoms with Crippen LogP contribution in [0.5, 0.6) is 0 Å². The quantitative estimate of drug-likeness (QED) is 0.707. The summed E-state index contributed by atoms with van der Waals surface area (Å²) in [5.41, 5.74) is 4.13. The van der Waals surface area contributed by atoms with Gasteiger partial charge in [-0.2, -0.15) is 0 Å². The molecule has 0 atom stereocenters. The van der Waals surface area contributed by atoms with Gasteiger partial charge in [0.05, 0.1) is 0 Å². The number of para-hydroxylation sites is 1. The van der Waals surface area contributed by atoms with Crippen LogP contribution in [-0.2, 0) is 13.1 Å². The van der Waals surface area contributed by atoms with Gasteiger partial charge >= 0.3 is 0 Å². The highest BCUT2D eigenvalue weighted by Gasteiger charge is 2.22. The zero-order valence-electron chi connectivity index (χ0n) is 13.9. The summed E-state index contributed by atoms with van der Waals surface area (Å²) >= 11 is 0. The molecule has 0 spiro atoms. The molecule has 3 rings (SSSR count). The molecule has 0 aliphatic carbocycles. The lowest BCUT2D eigenvalue weighted by Gasteiger charge is -2.19. The third-order valence-electron chi connectivity index (χ3n) is 4.35. The van der Waals surface area contributed by atoms with Crippen LogP contribution in [0.1, 0.15) is 28.5 Å². The Balaban J connectivity index is 1.99. The molecule has 23 heavy (non-hydrogen) atoms. The first kappa shape index (κ1) is 15.3. The summed E-state index contributed by atoms with van der Waals surface area (Å²) in [6.45, 7) is 5.52. The van der Waals surface area contributed by atoms with Gasteiger partial charge in [0.2, 0.25) is 0 Å². The Hall–Kier alpha value is -2.55. The highest BCUT2D eigenvalue weighted by Crippen LogP contribution is 2.26. The largest absolute Gasteiger partial charge is 0.337 e. The normalized spacial score (nSPS) is 10.9. The van der Waals surface area contributed by atoms with Gasteiger partial charge in [-0.15, -0.1) is 0 Å². The molecule has 0 saturated carbocycles. The van der Waals surface area contributed by atoms with Crippen molar-refractivity contribution in [3.05, 3.63) is 71.4 Å². The third-order valence-corrected chi connectivity index (χ3v) is 4.35. The topological polar surface area (TPSA) is 25.2 Å². The lowest BCUT2D eigenvalue weighted by atomic mass is 10.1. The maximum atomic E-state index is 13.0. The number of hydrogen-bond acceptors (Lipinski definition) is 1. The van der Waals surface area contributed by atoms with Crippen LogP contribution in [0.2, 0.25) is 0 Å². The summed E-state index contributed by atoms with van der Waals surface area (Å²) in [4.78, 5) is 14.8. The molecule has 0 fully saturated rings. The predicted molar refractivity (Wildman–Crippen MR) is 94.6 cm³/mol. The maximum absolute atomic E-state index is 13.0. The summed E-state index contributed by atoms with van der Waals surface area (Å²) in [6, 6.07) is 18.3. The summed E-state index contributed by atoms with van der Waals surface area (Å²) in [6.07, 6.45) is 0. The average Bonchev–Trinajstić information content (AvgIpc) is 2.87. The molecule has 0 unspecified atom stereocenters. The maximum Gasteiger partial charge on any atom is 0.270 e. The van der Waals surface area contributed by atoms with Gasteiger partial charge in [-0.05, 0) is 31.0 Å². The molecule has 0 aliphatic heterocycles. The van der Waals surface area contributed by atoms with Crippen molar-refractivity contribution >= 4 is 16.8 Å². The van der Waals surface area contributed by atoms with E-state index in [9.17, 15) is 4.79 Å². The Kier molecular flexibility index (Phi) is 4.20. The van der Waals surface area contributed by atoms with Crippen LogP contribution < -0.4 is 0 Å². The van der Waals surface area contributed by atoms with E-state index in [0.717, 1.165) is 34.3 Å². The van der Waals surface area contributed by atoms with Crippen LogP contribution in [0, 0.1) is 6.92 Å². The monoisotopic (exact) mass is 306 g/mol. The van der Waals surface area contributed by atoms with Crippen molar-refractivity contribution in [2.24, 2.45) is 0 Å². The molecule has 118 valence electrons. The van der Waals surface area contributed by atoms with E-state index < -0.39 is 0 Å². The average molecular weight is 306 g/mol. The molecule has 0 N–H and O–H groups in total. The molecule has 0 bridgehead atoms. The lowest BCUT2D eigenvalue weighted by Crippen LogP contribution is -2.28. The van der Waals surface area contributed by atoms with Crippen LogP contribution >= 0.6 is 0 Å². The smallest absolute Gasteiger partial charge is 0.270 e. The first-order valence-corrected chi connectivity index (χ1v) is 8.00. The van der Waals surface area contributed by atoms with Crippen LogP contribution in [0.25, 0.3) is 10.9 Å². The van der Waals surface area contributed by atoms with E-state index in [4.69, 9.17) is 0 Å². The number of rotatable bonds is 4. The number of carbonyl (C=O) groups is 1. The fourth-order valence-electron chi connectivity index (χ4n) is 3.19. The number of nitrogens with zero attached hydrogens (tertiary/aromatic N) is 2. The van der Waals surface area contributed by atoms with Crippen molar-refractivity contribution in [2.75, 3.05) is 7.05 Å². The molecular weight excluding hydrogens is 284 g/mol. The van der Waals surface area contributed by atoms with Crippen molar-refractivity contribution in [3.63, 3.8) is 0 Å². The van der Waals surface area contributed by atoms with Crippen LogP contribution in [0.4, 0.5) is 0 Å². The van der Waals surface area contributed by atoms with Gasteiger partial charge in [-0.25, -0.2) is 0 Å². The first-order chi connectivity index (χ1) is 11.1. The zero-order chi connectivity index (χ0) is 16.4. The van der Waals surface area contributed by atoms with E-state index in [2.05, 4.69) is 23.6 Å². The third kappa shape index (κ3) is 2.74.